The Morgan fingerprint density at radius 1 is 1.33 bits per heavy atom. The summed E-state index contributed by atoms with van der Waals surface area (Å²) in [6.45, 7) is 2.04. The summed E-state index contributed by atoms with van der Waals surface area (Å²) in [5.41, 5.74) is 7.86. The maximum Gasteiger partial charge on any atom is 0.204 e. The minimum absolute atomic E-state index is 0.318. The molecular formula is C12H13IN4O. The molecule has 0 spiro atoms. The van der Waals surface area contributed by atoms with Crippen molar-refractivity contribution < 1.29 is 4.74 Å². The highest BCUT2D eigenvalue weighted by atomic mass is 127. The number of nitrogens with one attached hydrogen (secondary N) is 1. The minimum Gasteiger partial charge on any atom is -0.490 e. The van der Waals surface area contributed by atoms with Crippen LogP contribution in [0.2, 0.25) is 0 Å². The summed E-state index contributed by atoms with van der Waals surface area (Å²) in [5, 5.41) is 3.21. The quantitative estimate of drug-likeness (QED) is 0.828. The first-order valence-corrected chi connectivity index (χ1v) is 6.38. The van der Waals surface area contributed by atoms with Gasteiger partial charge in [0.05, 0.1) is 7.11 Å². The Kier molecular flexibility index (Phi) is 3.85. The van der Waals surface area contributed by atoms with E-state index >= 15 is 0 Å². The molecule has 1 aromatic heterocycles. The Morgan fingerprint density at radius 2 is 2.11 bits per heavy atom. The zero-order chi connectivity index (χ0) is 13.1. The Balaban J connectivity index is 2.40. The second-order valence-corrected chi connectivity index (χ2v) is 4.84. The fourth-order valence-corrected chi connectivity index (χ4v) is 2.05. The molecule has 0 bridgehead atoms. The number of hydrogen-bond acceptors (Lipinski definition) is 5. The highest BCUT2D eigenvalue weighted by molar-refractivity contribution is 14.1. The number of nitrogens with zero attached hydrogens (tertiary/aromatic N) is 2. The van der Waals surface area contributed by atoms with Crippen LogP contribution < -0.4 is 15.8 Å². The molecule has 2 aromatic rings. The first kappa shape index (κ1) is 12.9. The smallest absolute Gasteiger partial charge is 0.204 e. The molecule has 1 aromatic carbocycles. The van der Waals surface area contributed by atoms with Crippen LogP contribution in [0.15, 0.2) is 24.5 Å². The Labute approximate surface area is 119 Å². The van der Waals surface area contributed by atoms with Gasteiger partial charge in [0.1, 0.15) is 6.33 Å². The number of anilines is 3. The summed E-state index contributed by atoms with van der Waals surface area (Å²) >= 11 is 2.29. The van der Waals surface area contributed by atoms with Gasteiger partial charge < -0.3 is 15.8 Å². The van der Waals surface area contributed by atoms with Gasteiger partial charge in [-0.2, -0.15) is 0 Å². The minimum atomic E-state index is 0.318. The molecule has 2 rings (SSSR count). The number of aromatic nitrogens is 2. The number of rotatable bonds is 3. The van der Waals surface area contributed by atoms with E-state index in [4.69, 9.17) is 10.5 Å². The van der Waals surface area contributed by atoms with Crippen molar-refractivity contribution >= 4 is 39.9 Å². The van der Waals surface area contributed by atoms with Crippen LogP contribution in [0, 0.1) is 10.5 Å². The van der Waals surface area contributed by atoms with Crippen LogP contribution in [0.1, 0.15) is 5.56 Å². The summed E-state index contributed by atoms with van der Waals surface area (Å²) < 4.78 is 6.38. The van der Waals surface area contributed by atoms with E-state index in [0.717, 1.165) is 11.3 Å². The second-order valence-electron chi connectivity index (χ2n) is 3.68. The lowest BCUT2D eigenvalue weighted by atomic mass is 10.2. The van der Waals surface area contributed by atoms with Crippen molar-refractivity contribution in [2.75, 3.05) is 18.2 Å². The van der Waals surface area contributed by atoms with Crippen molar-refractivity contribution in [3.8, 4) is 5.75 Å². The van der Waals surface area contributed by atoms with E-state index in [2.05, 4.69) is 37.9 Å². The van der Waals surface area contributed by atoms with Gasteiger partial charge in [-0.3, -0.25) is 0 Å². The maximum absolute atomic E-state index is 5.74. The molecule has 18 heavy (non-hydrogen) atoms. The summed E-state index contributed by atoms with van der Waals surface area (Å²) in [7, 11) is 1.54. The molecule has 94 valence electrons. The molecule has 0 amide bonds. The van der Waals surface area contributed by atoms with Crippen LogP contribution in [0.3, 0.4) is 0 Å². The fraction of sp³-hybridized carbons (Fsp3) is 0.167. The average molecular weight is 356 g/mol. The molecule has 1 heterocycles. The summed E-state index contributed by atoms with van der Waals surface area (Å²) in [6, 6.07) is 6.01. The largest absolute Gasteiger partial charge is 0.490 e. The van der Waals surface area contributed by atoms with Gasteiger partial charge in [0.15, 0.2) is 11.6 Å². The molecule has 3 N–H and O–H groups in total. The first-order valence-electron chi connectivity index (χ1n) is 5.30. The lowest BCUT2D eigenvalue weighted by molar-refractivity contribution is 0.415. The molecule has 0 saturated carbocycles. The molecule has 0 aliphatic carbocycles. The number of nitrogens with two attached hydrogens (primary N) is 1. The van der Waals surface area contributed by atoms with Crippen LogP contribution >= 0.6 is 22.6 Å². The topological polar surface area (TPSA) is 73.1 Å². The third-order valence-corrected chi connectivity index (χ3v) is 3.72. The number of hydrogen-bond donors (Lipinski definition) is 2. The molecule has 0 aliphatic rings. The van der Waals surface area contributed by atoms with Crippen molar-refractivity contribution in [2.45, 2.75) is 6.92 Å². The van der Waals surface area contributed by atoms with Crippen LogP contribution in [0.4, 0.5) is 17.3 Å². The second kappa shape index (κ2) is 5.38. The molecule has 5 nitrogen and oxygen atoms in total. The van der Waals surface area contributed by atoms with E-state index in [1.165, 1.54) is 9.90 Å². The van der Waals surface area contributed by atoms with E-state index < -0.39 is 0 Å². The third-order valence-electron chi connectivity index (χ3n) is 2.56. The van der Waals surface area contributed by atoms with Gasteiger partial charge in [-0.05, 0) is 47.2 Å². The van der Waals surface area contributed by atoms with Gasteiger partial charge in [-0.1, -0.05) is 6.07 Å². The summed E-state index contributed by atoms with van der Waals surface area (Å²) in [4.78, 5) is 8.04. The number of halogens is 1. The van der Waals surface area contributed by atoms with Crippen molar-refractivity contribution in [1.29, 1.82) is 0 Å². The van der Waals surface area contributed by atoms with Crippen LogP contribution in [-0.4, -0.2) is 17.1 Å². The Morgan fingerprint density at radius 3 is 2.83 bits per heavy atom. The SMILES string of the molecule is COc1c(N)ncnc1Nc1cccc(I)c1C. The zero-order valence-corrected chi connectivity index (χ0v) is 12.2. The highest BCUT2D eigenvalue weighted by Crippen LogP contribution is 2.31. The molecule has 0 atom stereocenters. The van der Waals surface area contributed by atoms with Crippen LogP contribution in [-0.2, 0) is 0 Å². The van der Waals surface area contributed by atoms with E-state index in [-0.39, 0.29) is 0 Å². The van der Waals surface area contributed by atoms with E-state index in [1.807, 2.05) is 25.1 Å². The monoisotopic (exact) mass is 356 g/mol. The number of methoxy groups -OCH3 is 1. The molecule has 0 saturated heterocycles. The van der Waals surface area contributed by atoms with Crippen molar-refractivity contribution in [1.82, 2.24) is 9.97 Å². The van der Waals surface area contributed by atoms with E-state index in [0.29, 0.717) is 17.4 Å². The first-order chi connectivity index (χ1) is 8.63. The van der Waals surface area contributed by atoms with Crippen molar-refractivity contribution in [3.05, 3.63) is 33.7 Å². The highest BCUT2D eigenvalue weighted by Gasteiger charge is 2.11. The summed E-state index contributed by atoms with van der Waals surface area (Å²) in [6.07, 6.45) is 1.41. The lowest BCUT2D eigenvalue weighted by Gasteiger charge is -2.13. The lowest BCUT2D eigenvalue weighted by Crippen LogP contribution is -2.03. The molecule has 6 heteroatoms. The Bertz CT molecular complexity index is 574. The van der Waals surface area contributed by atoms with Gasteiger partial charge in [-0.15, -0.1) is 0 Å². The van der Waals surface area contributed by atoms with E-state index in [9.17, 15) is 0 Å². The van der Waals surface area contributed by atoms with E-state index in [1.54, 1.807) is 7.11 Å². The fourth-order valence-electron chi connectivity index (χ4n) is 1.55. The van der Waals surface area contributed by atoms with Gasteiger partial charge in [0.25, 0.3) is 0 Å². The third kappa shape index (κ3) is 2.47. The standard InChI is InChI=1S/C12H13IN4O/c1-7-8(13)4-3-5-9(7)17-12-10(18-2)11(14)15-6-16-12/h3-6H,1-2H3,(H3,14,15,16,17). The normalized spacial score (nSPS) is 10.2. The van der Waals surface area contributed by atoms with Gasteiger partial charge in [0.2, 0.25) is 5.75 Å². The zero-order valence-electron chi connectivity index (χ0n) is 10.1. The molecule has 0 radical (unpaired) electrons. The van der Waals surface area contributed by atoms with Crippen molar-refractivity contribution in [2.24, 2.45) is 0 Å². The van der Waals surface area contributed by atoms with Gasteiger partial charge in [0, 0.05) is 9.26 Å². The van der Waals surface area contributed by atoms with Crippen LogP contribution in [0.5, 0.6) is 5.75 Å². The summed E-state index contributed by atoms with van der Waals surface area (Å²) in [5.74, 6) is 1.34. The maximum atomic E-state index is 5.74. The molecule has 0 aliphatic heterocycles. The molecule has 0 unspecified atom stereocenters. The average Bonchev–Trinajstić information content (AvgIpc) is 2.35. The Hall–Kier alpha value is -1.57. The number of nitrogen functional groups attached to an aromatic ring is 1. The van der Waals surface area contributed by atoms with Crippen LogP contribution in [0.25, 0.3) is 0 Å². The van der Waals surface area contributed by atoms with Gasteiger partial charge in [-0.25, -0.2) is 9.97 Å². The molecule has 0 fully saturated rings. The number of ether oxygens (including phenoxy) is 1. The van der Waals surface area contributed by atoms with Crippen molar-refractivity contribution in [3.63, 3.8) is 0 Å². The number of benzene rings is 1. The molecular weight excluding hydrogens is 343 g/mol. The van der Waals surface area contributed by atoms with Gasteiger partial charge >= 0.3 is 0 Å². The predicted molar refractivity (Wildman–Crippen MR) is 80.2 cm³/mol. The predicted octanol–water partition coefficient (Wildman–Crippen LogP) is 2.72.